The lowest BCUT2D eigenvalue weighted by molar-refractivity contribution is -0.274. The lowest BCUT2D eigenvalue weighted by Crippen LogP contribution is -2.56. The van der Waals surface area contributed by atoms with Gasteiger partial charge in [0.25, 0.3) is 0 Å². The van der Waals surface area contributed by atoms with Gasteiger partial charge < -0.3 is 19.3 Å². The van der Waals surface area contributed by atoms with Crippen LogP contribution in [-0.2, 0) is 9.53 Å². The number of para-hydroxylation sites is 1. The minimum Gasteiger partial charge on any atom is -0.444 e. The highest BCUT2D eigenvalue weighted by molar-refractivity contribution is 5.83. The molecule has 2 fully saturated rings. The third-order valence-electron chi connectivity index (χ3n) is 5.22. The summed E-state index contributed by atoms with van der Waals surface area (Å²) in [4.78, 5) is 28.5. The lowest BCUT2D eigenvalue weighted by atomic mass is 10.1. The molecule has 1 saturated heterocycles. The zero-order valence-electron chi connectivity index (χ0n) is 17.5. The average molecular weight is 428 g/mol. The Balaban J connectivity index is 1.61. The number of ether oxygens (including phenoxy) is 2. The Labute approximate surface area is 173 Å². The second kappa shape index (κ2) is 8.00. The molecule has 166 valence electrons. The Bertz CT molecular complexity index is 806. The molecular weight excluding hydrogens is 401 g/mol. The van der Waals surface area contributed by atoms with Crippen molar-refractivity contribution in [1.82, 2.24) is 9.80 Å². The van der Waals surface area contributed by atoms with Crippen LogP contribution in [0.2, 0.25) is 0 Å². The Morgan fingerprint density at radius 2 is 1.77 bits per heavy atom. The number of rotatable bonds is 3. The van der Waals surface area contributed by atoms with Crippen molar-refractivity contribution in [2.24, 2.45) is 5.92 Å². The highest BCUT2D eigenvalue weighted by Crippen LogP contribution is 2.51. The lowest BCUT2D eigenvalue weighted by Gasteiger charge is -2.40. The third kappa shape index (κ3) is 5.37. The number of carbonyl (C=O) groups is 2. The van der Waals surface area contributed by atoms with Crippen LogP contribution in [-0.4, -0.2) is 59.4 Å². The van der Waals surface area contributed by atoms with E-state index < -0.39 is 18.1 Å². The summed E-state index contributed by atoms with van der Waals surface area (Å²) < 4.78 is 47.5. The summed E-state index contributed by atoms with van der Waals surface area (Å²) in [5.74, 6) is -1.02. The van der Waals surface area contributed by atoms with E-state index in [0.717, 1.165) is 0 Å². The number of hydrogen-bond acceptors (Lipinski definition) is 4. The first-order valence-electron chi connectivity index (χ1n) is 9.99. The van der Waals surface area contributed by atoms with Crippen molar-refractivity contribution in [2.75, 3.05) is 19.6 Å². The quantitative estimate of drug-likeness (QED) is 0.726. The summed E-state index contributed by atoms with van der Waals surface area (Å²) in [6.07, 6.45) is -4.71. The van der Waals surface area contributed by atoms with Crippen molar-refractivity contribution in [3.8, 4) is 5.75 Å². The van der Waals surface area contributed by atoms with E-state index in [9.17, 15) is 22.8 Å². The van der Waals surface area contributed by atoms with Crippen molar-refractivity contribution in [1.29, 1.82) is 0 Å². The molecule has 3 atom stereocenters. The Hall–Kier alpha value is -2.45. The fraction of sp³-hybridized carbons (Fsp3) is 0.619. The van der Waals surface area contributed by atoms with Gasteiger partial charge in [-0.3, -0.25) is 4.79 Å². The van der Waals surface area contributed by atoms with Crippen LogP contribution in [0.3, 0.4) is 0 Å². The molecule has 1 aliphatic carbocycles. The molecule has 3 rings (SSSR count). The van der Waals surface area contributed by atoms with Crippen LogP contribution in [0.5, 0.6) is 5.75 Å². The third-order valence-corrected chi connectivity index (χ3v) is 5.22. The number of carbonyl (C=O) groups excluding carboxylic acids is 2. The largest absolute Gasteiger partial charge is 0.573 e. The van der Waals surface area contributed by atoms with Crippen molar-refractivity contribution in [2.45, 2.75) is 58.0 Å². The number of nitrogens with zero attached hydrogens (tertiary/aromatic N) is 2. The summed E-state index contributed by atoms with van der Waals surface area (Å²) in [5.41, 5.74) is -0.203. The van der Waals surface area contributed by atoms with Crippen molar-refractivity contribution >= 4 is 12.0 Å². The van der Waals surface area contributed by atoms with Gasteiger partial charge in [-0.2, -0.15) is 0 Å². The molecule has 9 heteroatoms. The second-order valence-electron chi connectivity index (χ2n) is 8.84. The highest BCUT2D eigenvalue weighted by atomic mass is 19.4. The van der Waals surface area contributed by atoms with Gasteiger partial charge in [-0.15, -0.1) is 13.2 Å². The predicted molar refractivity (Wildman–Crippen MR) is 103 cm³/mol. The number of piperazine rings is 1. The molecule has 1 aromatic carbocycles. The SMILES string of the molecule is C[C@@H]1CN(C(=O)[C@@H]2C[C@@H]2c2ccccc2OC(F)(F)F)CCN1C(=O)OC(C)(C)C. The zero-order chi connectivity index (χ0) is 22.3. The number of amides is 2. The molecule has 0 unspecified atom stereocenters. The molecule has 1 heterocycles. The summed E-state index contributed by atoms with van der Waals surface area (Å²) in [7, 11) is 0. The van der Waals surface area contributed by atoms with Gasteiger partial charge in [-0.05, 0) is 51.7 Å². The first kappa shape index (κ1) is 22.2. The van der Waals surface area contributed by atoms with Crippen LogP contribution < -0.4 is 4.74 Å². The van der Waals surface area contributed by atoms with E-state index in [4.69, 9.17) is 4.74 Å². The topological polar surface area (TPSA) is 59.1 Å². The minimum absolute atomic E-state index is 0.0995. The summed E-state index contributed by atoms with van der Waals surface area (Å²) in [6, 6.07) is 5.74. The van der Waals surface area contributed by atoms with Crippen LogP contribution in [0.1, 0.15) is 45.6 Å². The fourth-order valence-electron chi connectivity index (χ4n) is 3.80. The molecule has 2 amide bonds. The Morgan fingerprint density at radius 1 is 1.10 bits per heavy atom. The molecule has 1 aliphatic heterocycles. The van der Waals surface area contributed by atoms with Crippen molar-refractivity contribution in [3.05, 3.63) is 29.8 Å². The molecule has 0 N–H and O–H groups in total. The van der Waals surface area contributed by atoms with Gasteiger partial charge in [0.2, 0.25) is 5.91 Å². The van der Waals surface area contributed by atoms with E-state index in [2.05, 4.69) is 4.74 Å². The second-order valence-corrected chi connectivity index (χ2v) is 8.84. The van der Waals surface area contributed by atoms with Crippen LogP contribution in [0.4, 0.5) is 18.0 Å². The minimum atomic E-state index is -4.78. The van der Waals surface area contributed by atoms with Gasteiger partial charge in [0.1, 0.15) is 11.4 Å². The molecule has 1 aromatic rings. The van der Waals surface area contributed by atoms with Gasteiger partial charge >= 0.3 is 12.5 Å². The smallest absolute Gasteiger partial charge is 0.444 e. The van der Waals surface area contributed by atoms with Crippen LogP contribution in [0, 0.1) is 5.92 Å². The van der Waals surface area contributed by atoms with E-state index in [0.29, 0.717) is 31.6 Å². The molecule has 2 aliphatic rings. The molecule has 0 aromatic heterocycles. The fourth-order valence-corrected chi connectivity index (χ4v) is 3.80. The predicted octanol–water partition coefficient (Wildman–Crippen LogP) is 4.16. The molecule has 6 nitrogen and oxygen atoms in total. The van der Waals surface area contributed by atoms with E-state index >= 15 is 0 Å². The van der Waals surface area contributed by atoms with E-state index in [1.54, 1.807) is 42.7 Å². The van der Waals surface area contributed by atoms with Crippen molar-refractivity contribution < 1.29 is 32.2 Å². The Morgan fingerprint density at radius 3 is 2.37 bits per heavy atom. The number of halogens is 3. The first-order valence-corrected chi connectivity index (χ1v) is 9.99. The van der Waals surface area contributed by atoms with Gasteiger partial charge in [0.15, 0.2) is 0 Å². The zero-order valence-corrected chi connectivity index (χ0v) is 17.5. The van der Waals surface area contributed by atoms with Gasteiger partial charge in [0, 0.05) is 31.6 Å². The van der Waals surface area contributed by atoms with Gasteiger partial charge in [-0.25, -0.2) is 4.79 Å². The standard InChI is InChI=1S/C21H27F3N2O4/c1-13-12-25(9-10-26(13)19(28)30-20(2,3)4)18(27)16-11-15(16)14-7-5-6-8-17(14)29-21(22,23)24/h5-8,13,15-16H,9-12H2,1-4H3/t13-,15-,16-/m1/s1. The Kier molecular flexibility index (Phi) is 5.93. The maximum atomic E-state index is 12.9. The molecule has 0 spiro atoms. The van der Waals surface area contributed by atoms with E-state index in [-0.39, 0.29) is 29.5 Å². The number of alkyl halides is 3. The summed E-state index contributed by atoms with van der Waals surface area (Å²) >= 11 is 0. The van der Waals surface area contributed by atoms with Crippen LogP contribution >= 0.6 is 0 Å². The number of benzene rings is 1. The maximum Gasteiger partial charge on any atom is 0.573 e. The van der Waals surface area contributed by atoms with E-state index in [1.165, 1.54) is 12.1 Å². The van der Waals surface area contributed by atoms with Crippen LogP contribution in [0.25, 0.3) is 0 Å². The summed E-state index contributed by atoms with van der Waals surface area (Å²) in [6.45, 7) is 8.32. The number of hydrogen-bond donors (Lipinski definition) is 0. The molecule has 0 bridgehead atoms. The molecular formula is C21H27F3N2O4. The van der Waals surface area contributed by atoms with E-state index in [1.807, 2.05) is 6.92 Å². The van der Waals surface area contributed by atoms with Gasteiger partial charge in [0.05, 0.1) is 0 Å². The molecule has 0 radical (unpaired) electrons. The summed E-state index contributed by atoms with van der Waals surface area (Å²) in [5, 5.41) is 0. The highest BCUT2D eigenvalue weighted by Gasteiger charge is 2.48. The molecule has 30 heavy (non-hydrogen) atoms. The van der Waals surface area contributed by atoms with Gasteiger partial charge in [-0.1, -0.05) is 18.2 Å². The normalized spacial score (nSPS) is 24.4. The molecule has 1 saturated carbocycles. The maximum absolute atomic E-state index is 12.9. The average Bonchev–Trinajstić information content (AvgIpc) is 3.39. The monoisotopic (exact) mass is 428 g/mol. The first-order chi connectivity index (χ1) is 13.9. The van der Waals surface area contributed by atoms with Crippen molar-refractivity contribution in [3.63, 3.8) is 0 Å². The van der Waals surface area contributed by atoms with Crippen LogP contribution in [0.15, 0.2) is 24.3 Å².